The van der Waals surface area contributed by atoms with Crippen LogP contribution in [0.25, 0.3) is 0 Å². The molecule has 0 atom stereocenters. The molecule has 1 aliphatic rings. The Labute approximate surface area is 136 Å². The van der Waals surface area contributed by atoms with Crippen LogP contribution in [0.1, 0.15) is 78.1 Å². The summed E-state index contributed by atoms with van der Waals surface area (Å²) in [7, 11) is 0. The highest BCUT2D eigenvalue weighted by Crippen LogP contribution is 2.11. The van der Waals surface area contributed by atoms with Crippen LogP contribution in [0, 0.1) is 0 Å². The molecule has 2 amide bonds. The van der Waals surface area contributed by atoms with Crippen LogP contribution >= 0.6 is 0 Å². The van der Waals surface area contributed by atoms with Gasteiger partial charge in [-0.25, -0.2) is 0 Å². The van der Waals surface area contributed by atoms with Crippen molar-refractivity contribution in [3.63, 3.8) is 0 Å². The van der Waals surface area contributed by atoms with Crippen molar-refractivity contribution in [2.75, 3.05) is 26.2 Å². The average molecular weight is 310 g/mol. The van der Waals surface area contributed by atoms with Gasteiger partial charge in [0, 0.05) is 39.0 Å². The molecule has 0 unspecified atom stereocenters. The van der Waals surface area contributed by atoms with Gasteiger partial charge < -0.3 is 9.80 Å². The highest BCUT2D eigenvalue weighted by molar-refractivity contribution is 5.78. The number of nitrogens with zero attached hydrogens (tertiary/aromatic N) is 2. The lowest BCUT2D eigenvalue weighted by Crippen LogP contribution is -2.50. The van der Waals surface area contributed by atoms with E-state index < -0.39 is 0 Å². The van der Waals surface area contributed by atoms with Crippen LogP contribution in [0.5, 0.6) is 0 Å². The molecular weight excluding hydrogens is 276 g/mol. The first-order valence-electron chi connectivity index (χ1n) is 9.24. The molecule has 4 nitrogen and oxygen atoms in total. The third-order valence-electron chi connectivity index (χ3n) is 4.47. The SMILES string of the molecule is CCCCCCC(=O)N1CCN(C(=O)CCCCCC)CC1. The van der Waals surface area contributed by atoms with Crippen molar-refractivity contribution in [3.8, 4) is 0 Å². The molecule has 1 aliphatic heterocycles. The van der Waals surface area contributed by atoms with Crippen molar-refractivity contribution in [3.05, 3.63) is 0 Å². The van der Waals surface area contributed by atoms with E-state index in [1.807, 2.05) is 9.80 Å². The number of carbonyl (C=O) groups excluding carboxylic acids is 2. The highest BCUT2D eigenvalue weighted by Gasteiger charge is 2.23. The fourth-order valence-corrected chi connectivity index (χ4v) is 2.93. The minimum absolute atomic E-state index is 0.270. The van der Waals surface area contributed by atoms with E-state index in [1.165, 1.54) is 25.7 Å². The zero-order chi connectivity index (χ0) is 16.2. The summed E-state index contributed by atoms with van der Waals surface area (Å²) in [6, 6.07) is 0. The van der Waals surface area contributed by atoms with Gasteiger partial charge in [0.2, 0.25) is 11.8 Å². The fourth-order valence-electron chi connectivity index (χ4n) is 2.93. The third kappa shape index (κ3) is 7.28. The van der Waals surface area contributed by atoms with Gasteiger partial charge >= 0.3 is 0 Å². The maximum atomic E-state index is 12.1. The fraction of sp³-hybridized carbons (Fsp3) is 0.889. The van der Waals surface area contributed by atoms with Crippen LogP contribution in [-0.4, -0.2) is 47.8 Å². The van der Waals surface area contributed by atoms with E-state index in [-0.39, 0.29) is 11.8 Å². The van der Waals surface area contributed by atoms with Gasteiger partial charge in [0.1, 0.15) is 0 Å². The summed E-state index contributed by atoms with van der Waals surface area (Å²) in [5, 5.41) is 0. The predicted octanol–water partition coefficient (Wildman–Crippen LogP) is 3.60. The van der Waals surface area contributed by atoms with Gasteiger partial charge in [0.15, 0.2) is 0 Å². The Bertz CT molecular complexity index is 291. The standard InChI is InChI=1S/C18H34N2O2/c1-3-5-7-9-11-17(21)19-13-15-20(16-14-19)18(22)12-10-8-6-4-2/h3-16H2,1-2H3. The first-order chi connectivity index (χ1) is 10.7. The topological polar surface area (TPSA) is 40.6 Å². The molecule has 128 valence electrons. The van der Waals surface area contributed by atoms with E-state index in [0.717, 1.165) is 25.7 Å². The summed E-state index contributed by atoms with van der Waals surface area (Å²) in [5.74, 6) is 0.539. The Balaban J connectivity index is 2.16. The summed E-state index contributed by atoms with van der Waals surface area (Å²) >= 11 is 0. The molecule has 0 spiro atoms. The summed E-state index contributed by atoms with van der Waals surface area (Å²) in [5.41, 5.74) is 0. The zero-order valence-corrected chi connectivity index (χ0v) is 14.6. The van der Waals surface area contributed by atoms with Crippen LogP contribution in [0.4, 0.5) is 0 Å². The molecule has 0 radical (unpaired) electrons. The molecule has 0 aromatic carbocycles. The number of rotatable bonds is 10. The third-order valence-corrected chi connectivity index (χ3v) is 4.47. The van der Waals surface area contributed by atoms with E-state index in [1.54, 1.807) is 0 Å². The molecule has 0 aromatic rings. The van der Waals surface area contributed by atoms with Crippen molar-refractivity contribution in [1.82, 2.24) is 9.80 Å². The molecule has 1 saturated heterocycles. The van der Waals surface area contributed by atoms with Gasteiger partial charge in [0.05, 0.1) is 0 Å². The predicted molar refractivity (Wildman–Crippen MR) is 90.7 cm³/mol. The Morgan fingerprint density at radius 3 is 1.32 bits per heavy atom. The lowest BCUT2D eigenvalue weighted by molar-refractivity contribution is -0.139. The Morgan fingerprint density at radius 2 is 1.00 bits per heavy atom. The zero-order valence-electron chi connectivity index (χ0n) is 14.6. The second kappa shape index (κ2) is 11.5. The van der Waals surface area contributed by atoms with Crippen LogP contribution in [-0.2, 0) is 9.59 Å². The maximum absolute atomic E-state index is 12.1. The summed E-state index contributed by atoms with van der Waals surface area (Å²) < 4.78 is 0. The van der Waals surface area contributed by atoms with Gasteiger partial charge in [-0.3, -0.25) is 9.59 Å². The second-order valence-electron chi connectivity index (χ2n) is 6.38. The molecule has 1 fully saturated rings. The summed E-state index contributed by atoms with van der Waals surface area (Å²) in [6.07, 6.45) is 10.5. The molecule has 22 heavy (non-hydrogen) atoms. The minimum atomic E-state index is 0.270. The number of amides is 2. The van der Waals surface area contributed by atoms with Gasteiger partial charge in [-0.2, -0.15) is 0 Å². The molecule has 1 heterocycles. The van der Waals surface area contributed by atoms with Crippen molar-refractivity contribution < 1.29 is 9.59 Å². The van der Waals surface area contributed by atoms with Crippen LogP contribution in [0.3, 0.4) is 0 Å². The number of piperazine rings is 1. The molecular formula is C18H34N2O2. The average Bonchev–Trinajstić information content (AvgIpc) is 2.55. The van der Waals surface area contributed by atoms with Crippen LogP contribution in [0.2, 0.25) is 0 Å². The molecule has 0 aromatic heterocycles. The summed E-state index contributed by atoms with van der Waals surface area (Å²) in [6.45, 7) is 7.22. The van der Waals surface area contributed by atoms with Gasteiger partial charge in [-0.05, 0) is 12.8 Å². The maximum Gasteiger partial charge on any atom is 0.222 e. The van der Waals surface area contributed by atoms with E-state index in [2.05, 4.69) is 13.8 Å². The van der Waals surface area contributed by atoms with Crippen LogP contribution < -0.4 is 0 Å². The van der Waals surface area contributed by atoms with E-state index >= 15 is 0 Å². The monoisotopic (exact) mass is 310 g/mol. The van der Waals surface area contributed by atoms with E-state index in [9.17, 15) is 9.59 Å². The smallest absolute Gasteiger partial charge is 0.222 e. The van der Waals surface area contributed by atoms with Crippen molar-refractivity contribution in [2.24, 2.45) is 0 Å². The Hall–Kier alpha value is -1.06. The molecule has 0 aliphatic carbocycles. The molecule has 0 N–H and O–H groups in total. The molecule has 0 saturated carbocycles. The second-order valence-corrected chi connectivity index (χ2v) is 6.38. The Kier molecular flexibility index (Phi) is 9.93. The number of hydrogen-bond donors (Lipinski definition) is 0. The quantitative estimate of drug-likeness (QED) is 0.578. The normalized spacial score (nSPS) is 15.2. The van der Waals surface area contributed by atoms with Crippen molar-refractivity contribution >= 4 is 11.8 Å². The molecule has 0 bridgehead atoms. The lowest BCUT2D eigenvalue weighted by atomic mass is 10.1. The molecule has 4 heteroatoms. The number of hydrogen-bond acceptors (Lipinski definition) is 2. The summed E-state index contributed by atoms with van der Waals surface area (Å²) in [4.78, 5) is 28.1. The van der Waals surface area contributed by atoms with Crippen molar-refractivity contribution in [2.45, 2.75) is 78.1 Å². The number of unbranched alkanes of at least 4 members (excludes halogenated alkanes) is 6. The molecule has 1 rings (SSSR count). The first-order valence-corrected chi connectivity index (χ1v) is 9.24. The van der Waals surface area contributed by atoms with Crippen molar-refractivity contribution in [1.29, 1.82) is 0 Å². The number of carbonyl (C=O) groups is 2. The van der Waals surface area contributed by atoms with Crippen LogP contribution in [0.15, 0.2) is 0 Å². The van der Waals surface area contributed by atoms with Gasteiger partial charge in [-0.15, -0.1) is 0 Å². The highest BCUT2D eigenvalue weighted by atomic mass is 16.2. The minimum Gasteiger partial charge on any atom is -0.339 e. The Morgan fingerprint density at radius 1 is 0.636 bits per heavy atom. The lowest BCUT2D eigenvalue weighted by Gasteiger charge is -2.35. The van der Waals surface area contributed by atoms with E-state index in [4.69, 9.17) is 0 Å². The van der Waals surface area contributed by atoms with Gasteiger partial charge in [-0.1, -0.05) is 52.4 Å². The first kappa shape index (κ1) is 19.0. The largest absolute Gasteiger partial charge is 0.339 e. The van der Waals surface area contributed by atoms with Gasteiger partial charge in [0.25, 0.3) is 0 Å². The van der Waals surface area contributed by atoms with E-state index in [0.29, 0.717) is 39.0 Å².